The summed E-state index contributed by atoms with van der Waals surface area (Å²) in [5.41, 5.74) is 4.39. The maximum atomic E-state index is 12.0. The van der Waals surface area contributed by atoms with E-state index in [-0.39, 0.29) is 5.91 Å². The number of nitrogens with zero attached hydrogens (tertiary/aromatic N) is 4. The van der Waals surface area contributed by atoms with Gasteiger partial charge in [0.25, 0.3) is 5.91 Å². The minimum Gasteiger partial charge on any atom is -0.351 e. The molecule has 0 saturated carbocycles. The lowest BCUT2D eigenvalue weighted by atomic mass is 10.1. The molecule has 25 heavy (non-hydrogen) atoms. The maximum absolute atomic E-state index is 12.0. The summed E-state index contributed by atoms with van der Waals surface area (Å²) in [5.74, 6) is -0.191. The lowest BCUT2D eigenvalue weighted by Crippen LogP contribution is -2.25. The molecule has 0 aliphatic rings. The maximum Gasteiger partial charge on any atom is 0.271 e. The number of benzene rings is 1. The molecular weight excluding hydrogens is 314 g/mol. The van der Waals surface area contributed by atoms with Crippen LogP contribution >= 0.6 is 0 Å². The van der Waals surface area contributed by atoms with Gasteiger partial charge in [-0.25, -0.2) is 9.67 Å². The van der Waals surface area contributed by atoms with Gasteiger partial charge in [-0.15, -0.1) is 0 Å². The second kappa shape index (κ2) is 7.70. The highest BCUT2D eigenvalue weighted by Gasteiger charge is 2.08. The molecule has 0 saturated heterocycles. The molecule has 6 heteroatoms. The van der Waals surface area contributed by atoms with Gasteiger partial charge in [-0.3, -0.25) is 9.78 Å². The molecular formula is C19H21N5O. The number of hydrogen-bond donors (Lipinski definition) is 1. The summed E-state index contributed by atoms with van der Waals surface area (Å²) in [5, 5.41) is 7.44. The van der Waals surface area contributed by atoms with Crippen LogP contribution in [-0.4, -0.2) is 32.2 Å². The summed E-state index contributed by atoms with van der Waals surface area (Å²) in [6, 6.07) is 10.0. The first-order chi connectivity index (χ1) is 12.1. The molecule has 3 rings (SSSR count). The molecule has 0 unspecified atom stereocenters. The summed E-state index contributed by atoms with van der Waals surface area (Å²) in [6.07, 6.45) is 6.85. The molecule has 0 aliphatic carbocycles. The summed E-state index contributed by atoms with van der Waals surface area (Å²) >= 11 is 0. The Labute approximate surface area is 146 Å². The third-order valence-corrected chi connectivity index (χ3v) is 3.94. The van der Waals surface area contributed by atoms with E-state index in [0.29, 0.717) is 12.2 Å². The quantitative estimate of drug-likeness (QED) is 0.703. The van der Waals surface area contributed by atoms with Gasteiger partial charge >= 0.3 is 0 Å². The van der Waals surface area contributed by atoms with Crippen molar-refractivity contribution < 1.29 is 4.79 Å². The Morgan fingerprint density at radius 2 is 1.92 bits per heavy atom. The van der Waals surface area contributed by atoms with E-state index in [1.165, 1.54) is 11.8 Å². The van der Waals surface area contributed by atoms with Crippen molar-refractivity contribution in [2.24, 2.45) is 0 Å². The molecule has 1 N–H and O–H groups in total. The van der Waals surface area contributed by atoms with Gasteiger partial charge in [-0.1, -0.05) is 18.2 Å². The van der Waals surface area contributed by atoms with E-state index >= 15 is 0 Å². The molecule has 0 bridgehead atoms. The van der Waals surface area contributed by atoms with E-state index in [0.717, 1.165) is 29.9 Å². The number of para-hydroxylation sites is 1. The predicted molar refractivity (Wildman–Crippen MR) is 95.7 cm³/mol. The summed E-state index contributed by atoms with van der Waals surface area (Å²) in [7, 11) is 0. The lowest BCUT2D eigenvalue weighted by molar-refractivity contribution is 0.0948. The van der Waals surface area contributed by atoms with Crippen LogP contribution in [0.1, 0.15) is 33.9 Å². The molecule has 2 aromatic heterocycles. The minimum atomic E-state index is -0.191. The summed E-state index contributed by atoms with van der Waals surface area (Å²) < 4.78 is 1.89. The largest absolute Gasteiger partial charge is 0.351 e. The lowest BCUT2D eigenvalue weighted by Gasteiger charge is -2.04. The highest BCUT2D eigenvalue weighted by Crippen LogP contribution is 2.13. The Kier molecular flexibility index (Phi) is 5.18. The number of amides is 1. The van der Waals surface area contributed by atoms with E-state index in [4.69, 9.17) is 0 Å². The molecule has 0 spiro atoms. The fourth-order valence-corrected chi connectivity index (χ4v) is 2.54. The van der Waals surface area contributed by atoms with E-state index in [1.807, 2.05) is 48.9 Å². The molecule has 6 nitrogen and oxygen atoms in total. The highest BCUT2D eigenvalue weighted by molar-refractivity contribution is 5.91. The second-order valence-electron chi connectivity index (χ2n) is 5.92. The van der Waals surface area contributed by atoms with E-state index < -0.39 is 0 Å². The van der Waals surface area contributed by atoms with Gasteiger partial charge in [-0.2, -0.15) is 5.10 Å². The Hall–Kier alpha value is -3.02. The van der Waals surface area contributed by atoms with Crippen molar-refractivity contribution >= 4 is 5.91 Å². The molecule has 1 amide bonds. The average Bonchev–Trinajstić information content (AvgIpc) is 3.01. The van der Waals surface area contributed by atoms with Gasteiger partial charge in [-0.05, 0) is 44.4 Å². The second-order valence-corrected chi connectivity index (χ2v) is 5.92. The highest BCUT2D eigenvalue weighted by atomic mass is 16.1. The zero-order chi connectivity index (χ0) is 17.6. The molecule has 2 heterocycles. The van der Waals surface area contributed by atoms with Crippen LogP contribution in [0.4, 0.5) is 0 Å². The number of nitrogens with one attached hydrogen (secondary N) is 1. The van der Waals surface area contributed by atoms with Gasteiger partial charge in [0.15, 0.2) is 0 Å². The first kappa shape index (κ1) is 16.8. The molecule has 0 atom stereocenters. The van der Waals surface area contributed by atoms with Gasteiger partial charge in [0.05, 0.1) is 23.3 Å². The standard InChI is InChI=1S/C19H21N5O/c1-14-11-22-18(12-21-14)19(25)20-10-6-7-16-13-24(23-15(16)2)17-8-4-3-5-9-17/h3-5,8-9,11-13H,6-7,10H2,1-2H3,(H,20,25). The summed E-state index contributed by atoms with van der Waals surface area (Å²) in [6.45, 7) is 4.44. The van der Waals surface area contributed by atoms with Crippen LogP contribution in [0.2, 0.25) is 0 Å². The van der Waals surface area contributed by atoms with Crippen molar-refractivity contribution in [2.45, 2.75) is 26.7 Å². The first-order valence-corrected chi connectivity index (χ1v) is 8.31. The van der Waals surface area contributed by atoms with Crippen molar-refractivity contribution in [2.75, 3.05) is 6.54 Å². The van der Waals surface area contributed by atoms with Crippen LogP contribution in [0.3, 0.4) is 0 Å². The molecule has 0 radical (unpaired) electrons. The van der Waals surface area contributed by atoms with Crippen LogP contribution in [-0.2, 0) is 6.42 Å². The van der Waals surface area contributed by atoms with E-state index in [2.05, 4.69) is 26.6 Å². The Bertz CT molecular complexity index is 840. The Balaban J connectivity index is 1.52. The normalized spacial score (nSPS) is 10.6. The SMILES string of the molecule is Cc1cnc(C(=O)NCCCc2cn(-c3ccccc3)nc2C)cn1. The van der Waals surface area contributed by atoms with Crippen LogP contribution in [0.5, 0.6) is 0 Å². The van der Waals surface area contributed by atoms with Crippen LogP contribution < -0.4 is 5.32 Å². The number of hydrogen-bond acceptors (Lipinski definition) is 4. The zero-order valence-electron chi connectivity index (χ0n) is 14.4. The fourth-order valence-electron chi connectivity index (χ4n) is 2.54. The smallest absolute Gasteiger partial charge is 0.271 e. The monoisotopic (exact) mass is 335 g/mol. The van der Waals surface area contributed by atoms with Gasteiger partial charge in [0.2, 0.25) is 0 Å². The predicted octanol–water partition coefficient (Wildman–Crippen LogP) is 2.64. The number of carbonyl (C=O) groups excluding carboxylic acids is 1. The molecule has 0 aliphatic heterocycles. The average molecular weight is 335 g/mol. The molecule has 1 aromatic carbocycles. The van der Waals surface area contributed by atoms with Crippen molar-refractivity contribution in [3.63, 3.8) is 0 Å². The first-order valence-electron chi connectivity index (χ1n) is 8.31. The van der Waals surface area contributed by atoms with Crippen molar-refractivity contribution in [1.82, 2.24) is 25.1 Å². The molecule has 0 fully saturated rings. The third kappa shape index (κ3) is 4.29. The summed E-state index contributed by atoms with van der Waals surface area (Å²) in [4.78, 5) is 20.2. The molecule has 3 aromatic rings. The van der Waals surface area contributed by atoms with Crippen LogP contribution in [0.15, 0.2) is 48.9 Å². The van der Waals surface area contributed by atoms with Crippen LogP contribution in [0, 0.1) is 13.8 Å². The van der Waals surface area contributed by atoms with Crippen molar-refractivity contribution in [3.05, 3.63) is 71.6 Å². The van der Waals surface area contributed by atoms with Gasteiger partial charge < -0.3 is 5.32 Å². The third-order valence-electron chi connectivity index (χ3n) is 3.94. The number of carbonyl (C=O) groups is 1. The number of aromatic nitrogens is 4. The number of aryl methyl sites for hydroxylation is 3. The minimum absolute atomic E-state index is 0.191. The van der Waals surface area contributed by atoms with Gasteiger partial charge in [0, 0.05) is 18.9 Å². The van der Waals surface area contributed by atoms with E-state index in [9.17, 15) is 4.79 Å². The van der Waals surface area contributed by atoms with Crippen molar-refractivity contribution in [3.8, 4) is 5.69 Å². The topological polar surface area (TPSA) is 72.7 Å². The Morgan fingerprint density at radius 1 is 1.12 bits per heavy atom. The van der Waals surface area contributed by atoms with Crippen LogP contribution in [0.25, 0.3) is 5.69 Å². The zero-order valence-corrected chi connectivity index (χ0v) is 14.4. The van der Waals surface area contributed by atoms with Crippen molar-refractivity contribution in [1.29, 1.82) is 0 Å². The fraction of sp³-hybridized carbons (Fsp3) is 0.263. The molecule has 128 valence electrons. The van der Waals surface area contributed by atoms with Gasteiger partial charge in [0.1, 0.15) is 5.69 Å². The van der Waals surface area contributed by atoms with E-state index in [1.54, 1.807) is 6.20 Å². The number of rotatable bonds is 6. The Morgan fingerprint density at radius 3 is 2.64 bits per heavy atom.